The average molecular weight is 317 g/mol. The van der Waals surface area contributed by atoms with Gasteiger partial charge in [-0.25, -0.2) is 9.59 Å². The Bertz CT molecular complexity index is 559. The van der Waals surface area contributed by atoms with Gasteiger partial charge in [-0.1, -0.05) is 29.3 Å². The second-order valence-electron chi connectivity index (χ2n) is 4.81. The minimum absolute atomic E-state index is 0.00158. The Kier molecular flexibility index (Phi) is 4.40. The molecule has 1 aromatic rings. The zero-order valence-corrected chi connectivity index (χ0v) is 12.3. The van der Waals surface area contributed by atoms with E-state index < -0.39 is 18.0 Å². The first-order valence-electron chi connectivity index (χ1n) is 6.15. The maximum Gasteiger partial charge on any atom is 0.326 e. The van der Waals surface area contributed by atoms with E-state index in [0.717, 1.165) is 18.4 Å². The van der Waals surface area contributed by atoms with E-state index in [4.69, 9.17) is 28.3 Å². The quantitative estimate of drug-likeness (QED) is 0.797. The SMILES string of the molecule is Cc1ccc(Cl)c(NC(=O)NC(C(=O)O)C2CC2)c1Cl. The number of carbonyl (C=O) groups is 2. The number of aryl methyl sites for hydroxylation is 1. The van der Waals surface area contributed by atoms with E-state index in [1.165, 1.54) is 0 Å². The van der Waals surface area contributed by atoms with Crippen LogP contribution in [0.5, 0.6) is 0 Å². The maximum atomic E-state index is 11.9. The van der Waals surface area contributed by atoms with E-state index in [9.17, 15) is 9.59 Å². The number of carbonyl (C=O) groups excluding carboxylic acids is 1. The summed E-state index contributed by atoms with van der Waals surface area (Å²) < 4.78 is 0. The van der Waals surface area contributed by atoms with Crippen molar-refractivity contribution in [3.05, 3.63) is 27.7 Å². The third-order valence-corrected chi connectivity index (χ3v) is 3.97. The van der Waals surface area contributed by atoms with Crippen LogP contribution in [0.4, 0.5) is 10.5 Å². The fourth-order valence-electron chi connectivity index (χ4n) is 1.87. The molecule has 0 spiro atoms. The third-order valence-electron chi connectivity index (χ3n) is 3.17. The number of amides is 2. The monoisotopic (exact) mass is 316 g/mol. The minimum Gasteiger partial charge on any atom is -0.480 e. The molecule has 20 heavy (non-hydrogen) atoms. The van der Waals surface area contributed by atoms with E-state index in [2.05, 4.69) is 10.6 Å². The molecule has 0 aromatic heterocycles. The van der Waals surface area contributed by atoms with E-state index in [-0.39, 0.29) is 11.6 Å². The fraction of sp³-hybridized carbons (Fsp3) is 0.385. The van der Waals surface area contributed by atoms with Crippen molar-refractivity contribution in [3.63, 3.8) is 0 Å². The van der Waals surface area contributed by atoms with Gasteiger partial charge >= 0.3 is 12.0 Å². The highest BCUT2D eigenvalue weighted by atomic mass is 35.5. The lowest BCUT2D eigenvalue weighted by molar-refractivity contribution is -0.139. The van der Waals surface area contributed by atoms with Gasteiger partial charge in [0.15, 0.2) is 0 Å². The van der Waals surface area contributed by atoms with Crippen LogP contribution in [0.3, 0.4) is 0 Å². The number of urea groups is 1. The van der Waals surface area contributed by atoms with Gasteiger partial charge in [0.2, 0.25) is 0 Å². The second kappa shape index (κ2) is 5.89. The van der Waals surface area contributed by atoms with Crippen molar-refractivity contribution in [2.24, 2.45) is 5.92 Å². The number of rotatable bonds is 4. The third kappa shape index (κ3) is 3.35. The molecule has 1 aromatic carbocycles. The van der Waals surface area contributed by atoms with Crippen molar-refractivity contribution in [1.29, 1.82) is 0 Å². The van der Waals surface area contributed by atoms with Crippen LogP contribution in [0.15, 0.2) is 12.1 Å². The van der Waals surface area contributed by atoms with Crippen LogP contribution in [0.2, 0.25) is 10.0 Å². The van der Waals surface area contributed by atoms with Gasteiger partial charge < -0.3 is 15.7 Å². The molecule has 1 saturated carbocycles. The number of aliphatic carboxylic acids is 1. The lowest BCUT2D eigenvalue weighted by Gasteiger charge is -2.16. The molecule has 0 heterocycles. The number of anilines is 1. The maximum absolute atomic E-state index is 11.9. The van der Waals surface area contributed by atoms with Crippen LogP contribution < -0.4 is 10.6 Å². The van der Waals surface area contributed by atoms with Crippen LogP contribution in [-0.2, 0) is 4.79 Å². The predicted molar refractivity (Wildman–Crippen MR) is 77.5 cm³/mol. The fourth-order valence-corrected chi connectivity index (χ4v) is 2.34. The molecular formula is C13H14Cl2N2O3. The van der Waals surface area contributed by atoms with Crippen LogP contribution in [-0.4, -0.2) is 23.1 Å². The number of nitrogens with one attached hydrogen (secondary N) is 2. The van der Waals surface area contributed by atoms with Gasteiger partial charge in [-0.3, -0.25) is 0 Å². The number of carboxylic acids is 1. The van der Waals surface area contributed by atoms with Gasteiger partial charge in [-0.05, 0) is 37.3 Å². The summed E-state index contributed by atoms with van der Waals surface area (Å²) in [5.74, 6) is -1.04. The molecule has 0 bridgehead atoms. The summed E-state index contributed by atoms with van der Waals surface area (Å²) >= 11 is 12.0. The van der Waals surface area contributed by atoms with Crippen molar-refractivity contribution in [1.82, 2.24) is 5.32 Å². The molecule has 2 amide bonds. The van der Waals surface area contributed by atoms with Crippen molar-refractivity contribution in [2.75, 3.05) is 5.32 Å². The van der Waals surface area contributed by atoms with Crippen LogP contribution in [0, 0.1) is 12.8 Å². The van der Waals surface area contributed by atoms with Crippen molar-refractivity contribution >= 4 is 40.9 Å². The average Bonchev–Trinajstić information content (AvgIpc) is 3.20. The topological polar surface area (TPSA) is 78.4 Å². The molecule has 1 aliphatic rings. The molecule has 108 valence electrons. The Morgan fingerprint density at radius 3 is 2.55 bits per heavy atom. The Morgan fingerprint density at radius 2 is 2.00 bits per heavy atom. The molecule has 2 rings (SSSR count). The lowest BCUT2D eigenvalue weighted by atomic mass is 10.2. The zero-order chi connectivity index (χ0) is 14.9. The summed E-state index contributed by atoms with van der Waals surface area (Å²) in [6.07, 6.45) is 1.62. The van der Waals surface area contributed by atoms with Crippen LogP contribution in [0.1, 0.15) is 18.4 Å². The van der Waals surface area contributed by atoms with Crippen LogP contribution >= 0.6 is 23.2 Å². The highest BCUT2D eigenvalue weighted by molar-refractivity contribution is 6.40. The van der Waals surface area contributed by atoms with Gasteiger partial charge in [-0.15, -0.1) is 0 Å². The molecule has 0 aliphatic heterocycles. The van der Waals surface area contributed by atoms with Gasteiger partial charge in [-0.2, -0.15) is 0 Å². The highest BCUT2D eigenvalue weighted by Crippen LogP contribution is 2.34. The van der Waals surface area contributed by atoms with Gasteiger partial charge in [0.25, 0.3) is 0 Å². The summed E-state index contributed by atoms with van der Waals surface area (Å²) in [7, 11) is 0. The molecule has 7 heteroatoms. The lowest BCUT2D eigenvalue weighted by Crippen LogP contribution is -2.44. The van der Waals surface area contributed by atoms with E-state index in [1.54, 1.807) is 19.1 Å². The summed E-state index contributed by atoms with van der Waals surface area (Å²) in [4.78, 5) is 22.9. The minimum atomic E-state index is -1.04. The first kappa shape index (κ1) is 14.9. The summed E-state index contributed by atoms with van der Waals surface area (Å²) in [6.45, 7) is 1.78. The van der Waals surface area contributed by atoms with Gasteiger partial charge in [0, 0.05) is 0 Å². The smallest absolute Gasteiger partial charge is 0.326 e. The number of halogens is 2. The summed E-state index contributed by atoms with van der Waals surface area (Å²) in [6, 6.07) is 1.85. The number of carboxylic acid groups (broad SMARTS) is 1. The Morgan fingerprint density at radius 1 is 1.35 bits per heavy atom. The Balaban J connectivity index is 2.08. The van der Waals surface area contributed by atoms with E-state index in [1.807, 2.05) is 0 Å². The normalized spacial score (nSPS) is 15.6. The van der Waals surface area contributed by atoms with Crippen molar-refractivity contribution in [3.8, 4) is 0 Å². The second-order valence-corrected chi connectivity index (χ2v) is 5.59. The van der Waals surface area contributed by atoms with Crippen LogP contribution in [0.25, 0.3) is 0 Å². The molecule has 0 saturated heterocycles. The summed E-state index contributed by atoms with van der Waals surface area (Å²) in [5.41, 5.74) is 1.05. The first-order valence-corrected chi connectivity index (χ1v) is 6.90. The highest BCUT2D eigenvalue weighted by Gasteiger charge is 2.37. The van der Waals surface area contributed by atoms with Crippen molar-refractivity contribution in [2.45, 2.75) is 25.8 Å². The predicted octanol–water partition coefficient (Wildman–Crippen LogP) is 3.29. The summed E-state index contributed by atoms with van der Waals surface area (Å²) in [5, 5.41) is 14.6. The molecule has 3 N–H and O–H groups in total. The largest absolute Gasteiger partial charge is 0.480 e. The molecule has 5 nitrogen and oxygen atoms in total. The number of benzene rings is 1. The number of hydrogen-bond donors (Lipinski definition) is 3. The Labute approximate surface area is 126 Å². The van der Waals surface area contributed by atoms with Gasteiger partial charge in [0.05, 0.1) is 15.7 Å². The standard InChI is InChI=1S/C13H14Cl2N2O3/c1-6-2-5-8(14)11(9(6)15)17-13(20)16-10(12(18)19)7-3-4-7/h2,5,7,10H,3-4H2,1H3,(H,18,19)(H2,16,17,20). The molecule has 1 aliphatic carbocycles. The van der Waals surface area contributed by atoms with Crippen molar-refractivity contribution < 1.29 is 14.7 Å². The Hall–Kier alpha value is -1.46. The molecule has 0 radical (unpaired) electrons. The molecule has 1 unspecified atom stereocenters. The van der Waals surface area contributed by atoms with E-state index in [0.29, 0.717) is 10.0 Å². The zero-order valence-electron chi connectivity index (χ0n) is 10.7. The number of hydrogen-bond acceptors (Lipinski definition) is 2. The van der Waals surface area contributed by atoms with E-state index >= 15 is 0 Å². The molecule has 1 atom stereocenters. The van der Waals surface area contributed by atoms with Gasteiger partial charge in [0.1, 0.15) is 6.04 Å². The molecule has 1 fully saturated rings. The molecular weight excluding hydrogens is 303 g/mol. The first-order chi connectivity index (χ1) is 9.40.